The molecule has 0 aromatic rings. The molecule has 0 aromatic heterocycles. The van der Waals surface area contributed by atoms with Gasteiger partial charge in [0.1, 0.15) is 6.04 Å². The minimum Gasteiger partial charge on any atom is -0.464 e. The Kier molecular flexibility index (Phi) is 9.75. The Labute approximate surface area is 110 Å². The third-order valence-corrected chi connectivity index (χ3v) is 2.71. The van der Waals surface area contributed by atoms with Gasteiger partial charge in [-0.15, -0.1) is 0 Å². The average molecular weight is 308 g/mol. The van der Waals surface area contributed by atoms with Crippen molar-refractivity contribution in [1.29, 1.82) is 0 Å². The molecule has 0 aromatic carbocycles. The molecule has 1 atom stereocenters. The molecule has 0 aliphatic carbocycles. The summed E-state index contributed by atoms with van der Waals surface area (Å²) in [6.07, 6.45) is 2.86. The van der Waals surface area contributed by atoms with Gasteiger partial charge in [-0.3, -0.25) is 4.79 Å². The van der Waals surface area contributed by atoms with Crippen molar-refractivity contribution in [2.75, 3.05) is 25.7 Å². The van der Waals surface area contributed by atoms with Crippen LogP contribution in [0.3, 0.4) is 0 Å². The molecule has 1 amide bonds. The zero-order valence-electron chi connectivity index (χ0n) is 10.1. The van der Waals surface area contributed by atoms with E-state index in [0.717, 1.165) is 5.57 Å². The van der Waals surface area contributed by atoms with E-state index in [0.29, 0.717) is 24.8 Å². The number of halogens is 1. The normalized spacial score (nSPS) is 13.0. The first-order valence-electron chi connectivity index (χ1n) is 5.30. The van der Waals surface area contributed by atoms with E-state index >= 15 is 0 Å². The lowest BCUT2D eigenvalue weighted by Crippen LogP contribution is -2.36. The highest BCUT2D eigenvalue weighted by Gasteiger charge is 2.16. The number of alkyl halides is 1. The number of ether oxygens (including phenoxy) is 2. The Morgan fingerprint density at radius 3 is 2.71 bits per heavy atom. The summed E-state index contributed by atoms with van der Waals surface area (Å²) >= 11 is 3.32. The van der Waals surface area contributed by atoms with Crippen LogP contribution < -0.4 is 5.32 Å². The number of esters is 1. The minimum atomic E-state index is -0.739. The topological polar surface area (TPSA) is 64.6 Å². The van der Waals surface area contributed by atoms with Gasteiger partial charge in [0.15, 0.2) is 0 Å². The molecule has 0 aliphatic heterocycles. The van der Waals surface area contributed by atoms with Crippen molar-refractivity contribution in [2.24, 2.45) is 0 Å². The predicted octanol–water partition coefficient (Wildman–Crippen LogP) is 1.02. The molecular weight excluding hydrogens is 290 g/mol. The molecule has 0 bridgehead atoms. The van der Waals surface area contributed by atoms with Gasteiger partial charge in [0.05, 0.1) is 6.61 Å². The van der Waals surface area contributed by atoms with Gasteiger partial charge in [0, 0.05) is 19.0 Å². The summed E-state index contributed by atoms with van der Waals surface area (Å²) in [6, 6.07) is -0.739. The highest BCUT2D eigenvalue weighted by molar-refractivity contribution is 9.09. The van der Waals surface area contributed by atoms with Crippen LogP contribution in [-0.4, -0.2) is 44.1 Å². The van der Waals surface area contributed by atoms with Crippen LogP contribution in [0, 0.1) is 0 Å². The summed E-state index contributed by atoms with van der Waals surface area (Å²) in [6.45, 7) is 2.56. The average Bonchev–Trinajstić information content (AvgIpc) is 2.33. The summed E-state index contributed by atoms with van der Waals surface area (Å²) in [7, 11) is 1.61. The van der Waals surface area contributed by atoms with E-state index in [1.165, 1.54) is 0 Å². The monoisotopic (exact) mass is 307 g/mol. The van der Waals surface area contributed by atoms with Crippen molar-refractivity contribution in [2.45, 2.75) is 19.4 Å². The van der Waals surface area contributed by atoms with Crippen LogP contribution in [0.1, 0.15) is 13.3 Å². The Morgan fingerprint density at radius 1 is 1.53 bits per heavy atom. The molecule has 0 aliphatic rings. The van der Waals surface area contributed by atoms with Gasteiger partial charge in [0.2, 0.25) is 6.41 Å². The molecule has 1 N–H and O–H groups in total. The third-order valence-electron chi connectivity index (χ3n) is 1.99. The maximum atomic E-state index is 11.5. The van der Waals surface area contributed by atoms with Gasteiger partial charge in [-0.2, -0.15) is 0 Å². The first kappa shape index (κ1) is 16.1. The molecule has 98 valence electrons. The van der Waals surface area contributed by atoms with E-state index in [4.69, 9.17) is 9.47 Å². The van der Waals surface area contributed by atoms with Crippen molar-refractivity contribution < 1.29 is 19.1 Å². The predicted molar refractivity (Wildman–Crippen MR) is 68.0 cm³/mol. The van der Waals surface area contributed by atoms with E-state index in [9.17, 15) is 9.59 Å². The summed E-state index contributed by atoms with van der Waals surface area (Å²) in [5.41, 5.74) is 0.972. The van der Waals surface area contributed by atoms with E-state index in [1.54, 1.807) is 20.1 Å². The van der Waals surface area contributed by atoms with E-state index in [1.807, 2.05) is 0 Å². The highest BCUT2D eigenvalue weighted by Crippen LogP contribution is 2.08. The number of hydrogen-bond donors (Lipinski definition) is 1. The molecule has 0 spiro atoms. The van der Waals surface area contributed by atoms with Gasteiger partial charge >= 0.3 is 5.97 Å². The highest BCUT2D eigenvalue weighted by atomic mass is 79.9. The van der Waals surface area contributed by atoms with Gasteiger partial charge in [-0.05, 0) is 13.3 Å². The molecule has 0 saturated heterocycles. The van der Waals surface area contributed by atoms with Gasteiger partial charge < -0.3 is 14.8 Å². The summed E-state index contributed by atoms with van der Waals surface area (Å²) in [5, 5.41) is 3.03. The lowest BCUT2D eigenvalue weighted by atomic mass is 10.1. The molecule has 6 heteroatoms. The summed E-state index contributed by atoms with van der Waals surface area (Å²) in [5.74, 6) is -0.463. The molecule has 17 heavy (non-hydrogen) atoms. The van der Waals surface area contributed by atoms with Crippen molar-refractivity contribution in [1.82, 2.24) is 5.32 Å². The van der Waals surface area contributed by atoms with E-state index in [2.05, 4.69) is 21.2 Å². The second-order valence-corrected chi connectivity index (χ2v) is 3.78. The van der Waals surface area contributed by atoms with Gasteiger partial charge in [-0.25, -0.2) is 4.79 Å². The molecule has 0 heterocycles. The summed E-state index contributed by atoms with van der Waals surface area (Å²) < 4.78 is 9.81. The number of amides is 1. The zero-order chi connectivity index (χ0) is 13.1. The van der Waals surface area contributed by atoms with Crippen LogP contribution in [0.25, 0.3) is 0 Å². The first-order chi connectivity index (χ1) is 8.19. The number of carbonyl (C=O) groups is 2. The maximum Gasteiger partial charge on any atom is 0.332 e. The van der Waals surface area contributed by atoms with Crippen LogP contribution >= 0.6 is 15.9 Å². The van der Waals surface area contributed by atoms with Crippen molar-refractivity contribution in [3.05, 3.63) is 11.6 Å². The molecule has 5 nitrogen and oxygen atoms in total. The summed E-state index contributed by atoms with van der Waals surface area (Å²) in [4.78, 5) is 21.9. The van der Waals surface area contributed by atoms with Crippen molar-refractivity contribution in [3.63, 3.8) is 0 Å². The van der Waals surface area contributed by atoms with Crippen LogP contribution in [0.5, 0.6) is 0 Å². The second-order valence-electron chi connectivity index (χ2n) is 3.22. The molecule has 0 rings (SSSR count). The lowest BCUT2D eigenvalue weighted by Gasteiger charge is -2.12. The molecular formula is C11H18BrNO4. The molecule has 0 fully saturated rings. The molecule has 0 radical (unpaired) electrons. The van der Waals surface area contributed by atoms with E-state index in [-0.39, 0.29) is 6.61 Å². The van der Waals surface area contributed by atoms with E-state index < -0.39 is 12.0 Å². The van der Waals surface area contributed by atoms with Crippen molar-refractivity contribution in [3.8, 4) is 0 Å². The van der Waals surface area contributed by atoms with Crippen LogP contribution in [0.15, 0.2) is 11.6 Å². The third kappa shape index (κ3) is 7.12. The largest absolute Gasteiger partial charge is 0.464 e. The standard InChI is InChI=1S/C11H18BrNO4/c1-3-17-11(15)10(13-8-14)6-9(7-12)4-5-16-2/h6,8,10H,3-5,7H2,1-2H3,(H,13,14). The van der Waals surface area contributed by atoms with Crippen LogP contribution in [0.4, 0.5) is 0 Å². The Hall–Kier alpha value is -0.880. The van der Waals surface area contributed by atoms with Crippen LogP contribution in [0.2, 0.25) is 0 Å². The second kappa shape index (κ2) is 10.3. The van der Waals surface area contributed by atoms with Gasteiger partial charge in [0.25, 0.3) is 0 Å². The smallest absolute Gasteiger partial charge is 0.332 e. The molecule has 0 saturated carbocycles. The number of nitrogens with one attached hydrogen (secondary N) is 1. The zero-order valence-corrected chi connectivity index (χ0v) is 11.7. The number of carbonyl (C=O) groups excluding carboxylic acids is 2. The molecule has 1 unspecified atom stereocenters. The lowest BCUT2D eigenvalue weighted by molar-refractivity contribution is -0.145. The minimum absolute atomic E-state index is 0.283. The number of rotatable bonds is 9. The quantitative estimate of drug-likeness (QED) is 0.299. The Morgan fingerprint density at radius 2 is 2.24 bits per heavy atom. The fourth-order valence-electron chi connectivity index (χ4n) is 1.15. The Balaban J connectivity index is 4.60. The fraction of sp³-hybridized carbons (Fsp3) is 0.636. The van der Waals surface area contributed by atoms with Crippen molar-refractivity contribution >= 4 is 28.3 Å². The number of hydrogen-bond acceptors (Lipinski definition) is 4. The Bertz CT molecular complexity index is 268. The fourth-order valence-corrected chi connectivity index (χ4v) is 1.62. The maximum absolute atomic E-state index is 11.5. The van der Waals surface area contributed by atoms with Gasteiger partial charge in [-0.1, -0.05) is 27.6 Å². The van der Waals surface area contributed by atoms with Crippen LogP contribution in [-0.2, 0) is 19.1 Å². The SMILES string of the molecule is CCOC(=O)C(C=C(CBr)CCOC)NC=O. The number of methoxy groups -OCH3 is 1. The first-order valence-corrected chi connectivity index (χ1v) is 6.42.